The largest absolute Gasteiger partial charge is 0.465 e. The SMILES string of the molecule is CCOC(=O)Cn1cc(NC(=O)c2cccc(-c3cncc(C(C)C)c3)c2)ccc1=O.[HH]. The Morgan fingerprint density at radius 2 is 1.94 bits per heavy atom. The van der Waals surface area contributed by atoms with Gasteiger partial charge in [-0.2, -0.15) is 0 Å². The number of ether oxygens (including phenoxy) is 1. The molecule has 2 aromatic heterocycles. The summed E-state index contributed by atoms with van der Waals surface area (Å²) >= 11 is 0. The molecule has 0 aliphatic carbocycles. The maximum atomic E-state index is 12.8. The number of nitrogens with one attached hydrogen (secondary N) is 1. The minimum absolute atomic E-state index is 0. The van der Waals surface area contributed by atoms with Gasteiger partial charge in [0.25, 0.3) is 11.5 Å². The number of anilines is 1. The van der Waals surface area contributed by atoms with Crippen molar-refractivity contribution in [1.82, 2.24) is 9.55 Å². The van der Waals surface area contributed by atoms with Gasteiger partial charge in [0.15, 0.2) is 0 Å². The van der Waals surface area contributed by atoms with Crippen LogP contribution in [0.15, 0.2) is 65.8 Å². The molecule has 2 heterocycles. The number of hydrogen-bond acceptors (Lipinski definition) is 5. The summed E-state index contributed by atoms with van der Waals surface area (Å²) in [5, 5.41) is 2.77. The Morgan fingerprint density at radius 1 is 1.13 bits per heavy atom. The van der Waals surface area contributed by atoms with E-state index >= 15 is 0 Å². The topological polar surface area (TPSA) is 90.3 Å². The number of carbonyl (C=O) groups excluding carboxylic acids is 2. The maximum absolute atomic E-state index is 12.8. The molecule has 0 bridgehead atoms. The molecular weight excluding hydrogens is 394 g/mol. The monoisotopic (exact) mass is 421 g/mol. The van der Waals surface area contributed by atoms with E-state index in [1.54, 1.807) is 25.3 Å². The third kappa shape index (κ3) is 5.66. The van der Waals surface area contributed by atoms with Gasteiger partial charge >= 0.3 is 5.97 Å². The molecule has 0 saturated heterocycles. The van der Waals surface area contributed by atoms with Gasteiger partial charge in [-0.25, -0.2) is 0 Å². The van der Waals surface area contributed by atoms with E-state index in [9.17, 15) is 14.4 Å². The van der Waals surface area contributed by atoms with Crippen molar-refractivity contribution in [3.63, 3.8) is 0 Å². The van der Waals surface area contributed by atoms with Gasteiger partial charge in [-0.3, -0.25) is 19.4 Å². The van der Waals surface area contributed by atoms with Crippen LogP contribution >= 0.6 is 0 Å². The summed E-state index contributed by atoms with van der Waals surface area (Å²) in [5.74, 6) is -0.488. The fraction of sp³-hybridized carbons (Fsp3) is 0.250. The summed E-state index contributed by atoms with van der Waals surface area (Å²) in [7, 11) is 0. The van der Waals surface area contributed by atoms with Gasteiger partial charge in [0.05, 0.1) is 12.3 Å². The Kier molecular flexibility index (Phi) is 6.97. The minimum Gasteiger partial charge on any atom is -0.465 e. The molecule has 0 aliphatic heterocycles. The van der Waals surface area contributed by atoms with Crippen LogP contribution in [0.25, 0.3) is 11.1 Å². The quantitative estimate of drug-likeness (QED) is 0.580. The Labute approximate surface area is 182 Å². The smallest absolute Gasteiger partial charge is 0.326 e. The normalized spacial score (nSPS) is 10.7. The highest BCUT2D eigenvalue weighted by molar-refractivity contribution is 6.04. The van der Waals surface area contributed by atoms with E-state index in [2.05, 4.69) is 30.2 Å². The molecule has 3 rings (SSSR count). The zero-order chi connectivity index (χ0) is 22.4. The first-order chi connectivity index (χ1) is 14.9. The molecule has 31 heavy (non-hydrogen) atoms. The zero-order valence-corrected chi connectivity index (χ0v) is 17.8. The van der Waals surface area contributed by atoms with Crippen molar-refractivity contribution in [3.05, 3.63) is 82.5 Å². The number of amides is 1. The number of aromatic nitrogens is 2. The van der Waals surface area contributed by atoms with Gasteiger partial charge in [-0.05, 0) is 48.2 Å². The molecule has 0 radical (unpaired) electrons. The van der Waals surface area contributed by atoms with Crippen LogP contribution < -0.4 is 10.9 Å². The van der Waals surface area contributed by atoms with Crippen LogP contribution in [0.3, 0.4) is 0 Å². The highest BCUT2D eigenvalue weighted by Gasteiger charge is 2.11. The number of pyridine rings is 2. The lowest BCUT2D eigenvalue weighted by atomic mass is 9.99. The fourth-order valence-corrected chi connectivity index (χ4v) is 3.05. The molecule has 1 amide bonds. The van der Waals surface area contributed by atoms with E-state index in [1.165, 1.54) is 22.9 Å². The summed E-state index contributed by atoms with van der Waals surface area (Å²) < 4.78 is 6.08. The highest BCUT2D eigenvalue weighted by Crippen LogP contribution is 2.24. The van der Waals surface area contributed by atoms with E-state index in [-0.39, 0.29) is 26.0 Å². The van der Waals surface area contributed by atoms with Crippen molar-refractivity contribution in [2.24, 2.45) is 0 Å². The second-order valence-corrected chi connectivity index (χ2v) is 7.39. The van der Waals surface area contributed by atoms with Crippen molar-refractivity contribution >= 4 is 17.6 Å². The number of carbonyl (C=O) groups is 2. The minimum atomic E-state index is -0.516. The molecule has 162 valence electrons. The average Bonchev–Trinajstić information content (AvgIpc) is 2.76. The first kappa shape index (κ1) is 22.0. The predicted octanol–water partition coefficient (Wildman–Crippen LogP) is 4.10. The Balaban J connectivity index is 0.00000363. The first-order valence-electron chi connectivity index (χ1n) is 10.1. The molecule has 1 N–H and O–H groups in total. The molecule has 0 atom stereocenters. The van der Waals surface area contributed by atoms with E-state index in [4.69, 9.17) is 4.74 Å². The highest BCUT2D eigenvalue weighted by atomic mass is 16.5. The van der Waals surface area contributed by atoms with Crippen LogP contribution in [0.1, 0.15) is 44.0 Å². The second-order valence-electron chi connectivity index (χ2n) is 7.39. The molecular formula is C24H27N3O4. The predicted molar refractivity (Wildman–Crippen MR) is 121 cm³/mol. The summed E-state index contributed by atoms with van der Waals surface area (Å²) in [6.45, 7) is 5.92. The molecule has 1 aromatic carbocycles. The Hall–Kier alpha value is -3.74. The van der Waals surface area contributed by atoms with Crippen LogP contribution in [0.5, 0.6) is 0 Å². The van der Waals surface area contributed by atoms with E-state index in [0.29, 0.717) is 17.2 Å². The Morgan fingerprint density at radius 3 is 2.68 bits per heavy atom. The van der Waals surface area contributed by atoms with E-state index < -0.39 is 5.97 Å². The fourth-order valence-electron chi connectivity index (χ4n) is 3.05. The lowest BCUT2D eigenvalue weighted by molar-refractivity contribution is -0.143. The molecule has 7 nitrogen and oxygen atoms in total. The third-order valence-corrected chi connectivity index (χ3v) is 4.73. The van der Waals surface area contributed by atoms with Gasteiger partial charge < -0.3 is 14.6 Å². The van der Waals surface area contributed by atoms with Crippen LogP contribution in [-0.2, 0) is 16.1 Å². The number of hydrogen-bond donors (Lipinski definition) is 1. The standard InChI is InChI=1S/C24H25N3O4.H2/c1-4-31-23(29)15-27-14-21(8-9-22(27)28)26-24(30)18-7-5-6-17(10-18)20-11-19(16(2)3)12-25-13-20;/h5-14,16H,4,15H2,1-3H3,(H,26,30);1H. The summed E-state index contributed by atoms with van der Waals surface area (Å²) in [6.07, 6.45) is 5.04. The van der Waals surface area contributed by atoms with Gasteiger partial charge in [-0.15, -0.1) is 0 Å². The molecule has 0 aliphatic rings. The van der Waals surface area contributed by atoms with Crippen molar-refractivity contribution in [2.75, 3.05) is 11.9 Å². The number of rotatable bonds is 7. The average molecular weight is 421 g/mol. The van der Waals surface area contributed by atoms with Crippen LogP contribution in [-0.4, -0.2) is 28.0 Å². The van der Waals surface area contributed by atoms with Gasteiger partial charge in [0.1, 0.15) is 6.54 Å². The summed E-state index contributed by atoms with van der Waals surface area (Å²) in [4.78, 5) is 40.8. The lowest BCUT2D eigenvalue weighted by Gasteiger charge is -2.11. The van der Waals surface area contributed by atoms with Crippen molar-refractivity contribution < 1.29 is 15.8 Å². The molecule has 3 aromatic rings. The van der Waals surface area contributed by atoms with Crippen molar-refractivity contribution in [3.8, 4) is 11.1 Å². The van der Waals surface area contributed by atoms with Crippen LogP contribution in [0, 0.1) is 0 Å². The molecule has 0 saturated carbocycles. The van der Waals surface area contributed by atoms with Crippen molar-refractivity contribution in [2.45, 2.75) is 33.2 Å². The molecule has 0 fully saturated rings. The number of nitrogens with zero attached hydrogens (tertiary/aromatic N) is 2. The molecule has 0 unspecified atom stereocenters. The zero-order valence-electron chi connectivity index (χ0n) is 17.8. The number of benzene rings is 1. The first-order valence-corrected chi connectivity index (χ1v) is 10.1. The van der Waals surface area contributed by atoms with Gasteiger partial charge in [0, 0.05) is 37.2 Å². The lowest BCUT2D eigenvalue weighted by Crippen LogP contribution is -2.25. The maximum Gasteiger partial charge on any atom is 0.326 e. The van der Waals surface area contributed by atoms with Gasteiger partial charge in [-0.1, -0.05) is 26.0 Å². The molecule has 0 spiro atoms. The van der Waals surface area contributed by atoms with E-state index in [1.807, 2.05) is 18.3 Å². The number of esters is 1. The van der Waals surface area contributed by atoms with Crippen molar-refractivity contribution in [1.29, 1.82) is 0 Å². The second kappa shape index (κ2) is 9.84. The third-order valence-electron chi connectivity index (χ3n) is 4.73. The Bertz CT molecular complexity index is 1160. The molecule has 7 heteroatoms. The summed E-state index contributed by atoms with van der Waals surface area (Å²) in [5.41, 5.74) is 3.46. The van der Waals surface area contributed by atoms with E-state index in [0.717, 1.165) is 16.7 Å². The van der Waals surface area contributed by atoms with Crippen LogP contribution in [0.2, 0.25) is 0 Å². The van der Waals surface area contributed by atoms with Gasteiger partial charge in [0.2, 0.25) is 0 Å². The van der Waals surface area contributed by atoms with Crippen LogP contribution in [0.4, 0.5) is 5.69 Å². The summed E-state index contributed by atoms with van der Waals surface area (Å²) in [6, 6.07) is 12.1.